The van der Waals surface area contributed by atoms with Gasteiger partial charge in [-0.15, -0.1) is 0 Å². The van der Waals surface area contributed by atoms with Gasteiger partial charge in [0.2, 0.25) is 0 Å². The first kappa shape index (κ1) is 15.2. The van der Waals surface area contributed by atoms with Gasteiger partial charge in [0.1, 0.15) is 0 Å². The molecule has 2 heterocycles. The highest BCUT2D eigenvalue weighted by Crippen LogP contribution is 2.31. The molecule has 0 radical (unpaired) electrons. The van der Waals surface area contributed by atoms with Crippen LogP contribution in [-0.4, -0.2) is 67.8 Å². The second-order valence-corrected chi connectivity index (χ2v) is 6.22. The number of rotatable bonds is 5. The number of nitrogens with zero attached hydrogens (tertiary/aromatic N) is 2. The fourth-order valence-electron chi connectivity index (χ4n) is 3.67. The molecule has 0 saturated carbocycles. The van der Waals surface area contributed by atoms with Gasteiger partial charge >= 0.3 is 0 Å². The normalized spacial score (nSPS) is 25.9. The minimum atomic E-state index is 0.228. The summed E-state index contributed by atoms with van der Waals surface area (Å²) in [5, 5.41) is 0. The standard InChI is InChI=1S/C15H31N3O/c1-3-8-18-9-6-15(13-16,7-10-18)17(2)14-4-11-19-12-5-14/h14H,3-13,16H2,1-2H3. The van der Waals surface area contributed by atoms with Gasteiger partial charge in [-0.2, -0.15) is 0 Å². The molecule has 4 nitrogen and oxygen atoms in total. The Balaban J connectivity index is 1.94. The molecule has 0 amide bonds. The first-order chi connectivity index (χ1) is 9.22. The van der Waals surface area contributed by atoms with E-state index in [0.717, 1.165) is 32.6 Å². The summed E-state index contributed by atoms with van der Waals surface area (Å²) in [5.74, 6) is 0. The zero-order valence-electron chi connectivity index (χ0n) is 12.7. The first-order valence-corrected chi connectivity index (χ1v) is 7.95. The summed E-state index contributed by atoms with van der Waals surface area (Å²) in [4.78, 5) is 5.19. The van der Waals surface area contributed by atoms with Gasteiger partial charge in [-0.3, -0.25) is 4.90 Å². The smallest absolute Gasteiger partial charge is 0.0480 e. The van der Waals surface area contributed by atoms with E-state index in [4.69, 9.17) is 10.5 Å². The molecule has 0 aromatic rings. The fourth-order valence-corrected chi connectivity index (χ4v) is 3.67. The molecule has 0 aromatic carbocycles. The third kappa shape index (κ3) is 3.48. The molecule has 0 atom stereocenters. The van der Waals surface area contributed by atoms with Crippen LogP contribution < -0.4 is 5.73 Å². The highest BCUT2D eigenvalue weighted by atomic mass is 16.5. The molecule has 0 aliphatic carbocycles. The van der Waals surface area contributed by atoms with Crippen LogP contribution in [0.5, 0.6) is 0 Å². The summed E-state index contributed by atoms with van der Waals surface area (Å²) in [6.45, 7) is 8.54. The summed E-state index contributed by atoms with van der Waals surface area (Å²) >= 11 is 0. The Bertz CT molecular complexity index is 258. The van der Waals surface area contributed by atoms with Crippen LogP contribution in [0.3, 0.4) is 0 Å². The molecule has 2 fully saturated rings. The molecule has 0 aromatic heterocycles. The van der Waals surface area contributed by atoms with Crippen molar-refractivity contribution in [2.75, 3.05) is 46.4 Å². The van der Waals surface area contributed by atoms with Crippen molar-refractivity contribution in [3.8, 4) is 0 Å². The van der Waals surface area contributed by atoms with Gasteiger partial charge in [-0.25, -0.2) is 0 Å². The molecule has 112 valence electrons. The second-order valence-electron chi connectivity index (χ2n) is 6.22. The molecule has 2 saturated heterocycles. The van der Waals surface area contributed by atoms with Crippen LogP contribution in [0.2, 0.25) is 0 Å². The van der Waals surface area contributed by atoms with E-state index < -0.39 is 0 Å². The SMILES string of the molecule is CCCN1CCC(CN)(N(C)C2CCOCC2)CC1. The highest BCUT2D eigenvalue weighted by Gasteiger charge is 2.39. The Labute approximate surface area is 118 Å². The largest absolute Gasteiger partial charge is 0.381 e. The van der Waals surface area contributed by atoms with Crippen molar-refractivity contribution in [2.24, 2.45) is 5.73 Å². The quantitative estimate of drug-likeness (QED) is 0.817. The van der Waals surface area contributed by atoms with E-state index in [1.807, 2.05) is 0 Å². The molecule has 0 unspecified atom stereocenters. The predicted octanol–water partition coefficient (Wildman–Crippen LogP) is 1.30. The van der Waals surface area contributed by atoms with Crippen molar-refractivity contribution >= 4 is 0 Å². The monoisotopic (exact) mass is 269 g/mol. The van der Waals surface area contributed by atoms with Crippen LogP contribution in [0.15, 0.2) is 0 Å². The van der Waals surface area contributed by atoms with E-state index in [1.165, 1.54) is 38.9 Å². The van der Waals surface area contributed by atoms with Crippen molar-refractivity contribution in [1.29, 1.82) is 0 Å². The summed E-state index contributed by atoms with van der Waals surface area (Å²) < 4.78 is 5.49. The van der Waals surface area contributed by atoms with E-state index >= 15 is 0 Å². The average Bonchev–Trinajstić information content (AvgIpc) is 2.49. The lowest BCUT2D eigenvalue weighted by molar-refractivity contribution is -0.0271. The number of likely N-dealkylation sites (N-methyl/N-ethyl adjacent to an activating group) is 1. The zero-order valence-corrected chi connectivity index (χ0v) is 12.7. The Morgan fingerprint density at radius 3 is 2.42 bits per heavy atom. The fraction of sp³-hybridized carbons (Fsp3) is 1.00. The number of hydrogen-bond acceptors (Lipinski definition) is 4. The molecule has 4 heteroatoms. The topological polar surface area (TPSA) is 41.7 Å². The molecule has 2 aliphatic rings. The van der Waals surface area contributed by atoms with Crippen LogP contribution in [0.1, 0.15) is 39.0 Å². The zero-order chi connectivity index (χ0) is 13.7. The van der Waals surface area contributed by atoms with E-state index in [-0.39, 0.29) is 5.54 Å². The molecule has 19 heavy (non-hydrogen) atoms. The average molecular weight is 269 g/mol. The van der Waals surface area contributed by atoms with Gasteiger partial charge in [0, 0.05) is 31.3 Å². The van der Waals surface area contributed by atoms with Crippen LogP contribution in [0.25, 0.3) is 0 Å². The van der Waals surface area contributed by atoms with Gasteiger partial charge in [-0.1, -0.05) is 6.92 Å². The summed E-state index contributed by atoms with van der Waals surface area (Å²) in [7, 11) is 2.29. The minimum Gasteiger partial charge on any atom is -0.381 e. The third-order valence-electron chi connectivity index (χ3n) is 5.19. The summed E-state index contributed by atoms with van der Waals surface area (Å²) in [5.41, 5.74) is 6.40. The van der Waals surface area contributed by atoms with Crippen molar-refractivity contribution in [3.63, 3.8) is 0 Å². The molecule has 2 aliphatic heterocycles. The molecule has 2 rings (SSSR count). The first-order valence-electron chi connectivity index (χ1n) is 7.95. The second kappa shape index (κ2) is 7.02. The maximum Gasteiger partial charge on any atom is 0.0480 e. The molecule has 0 bridgehead atoms. The predicted molar refractivity (Wildman–Crippen MR) is 79.4 cm³/mol. The molecular weight excluding hydrogens is 238 g/mol. The Morgan fingerprint density at radius 1 is 1.26 bits per heavy atom. The Hall–Kier alpha value is -0.160. The van der Waals surface area contributed by atoms with Gasteiger partial charge in [0.25, 0.3) is 0 Å². The van der Waals surface area contributed by atoms with E-state index in [9.17, 15) is 0 Å². The van der Waals surface area contributed by atoms with Crippen molar-refractivity contribution in [2.45, 2.75) is 50.6 Å². The van der Waals surface area contributed by atoms with Crippen molar-refractivity contribution in [1.82, 2.24) is 9.80 Å². The maximum atomic E-state index is 6.17. The third-order valence-corrected chi connectivity index (χ3v) is 5.19. The van der Waals surface area contributed by atoms with Crippen molar-refractivity contribution < 1.29 is 4.74 Å². The van der Waals surface area contributed by atoms with Crippen LogP contribution in [-0.2, 0) is 4.74 Å². The highest BCUT2D eigenvalue weighted by molar-refractivity contribution is 4.97. The molecular formula is C15H31N3O. The maximum absolute atomic E-state index is 6.17. The molecule has 0 spiro atoms. The van der Waals surface area contributed by atoms with Gasteiger partial charge < -0.3 is 15.4 Å². The Morgan fingerprint density at radius 2 is 1.89 bits per heavy atom. The Kier molecular flexibility index (Phi) is 5.63. The lowest BCUT2D eigenvalue weighted by atomic mass is 9.84. The van der Waals surface area contributed by atoms with Gasteiger partial charge in [0.05, 0.1) is 0 Å². The summed E-state index contributed by atoms with van der Waals surface area (Å²) in [6, 6.07) is 0.662. The summed E-state index contributed by atoms with van der Waals surface area (Å²) in [6.07, 6.45) is 6.02. The number of likely N-dealkylation sites (tertiary alicyclic amines) is 1. The lowest BCUT2D eigenvalue weighted by Crippen LogP contribution is -2.61. The van der Waals surface area contributed by atoms with Crippen LogP contribution in [0, 0.1) is 0 Å². The number of ether oxygens (including phenoxy) is 1. The van der Waals surface area contributed by atoms with Gasteiger partial charge in [-0.05, 0) is 58.8 Å². The van der Waals surface area contributed by atoms with E-state index in [1.54, 1.807) is 0 Å². The minimum absolute atomic E-state index is 0.228. The lowest BCUT2D eigenvalue weighted by Gasteiger charge is -2.50. The number of piperidine rings is 1. The van der Waals surface area contributed by atoms with E-state index in [0.29, 0.717) is 6.04 Å². The van der Waals surface area contributed by atoms with Crippen LogP contribution in [0.4, 0.5) is 0 Å². The van der Waals surface area contributed by atoms with Crippen molar-refractivity contribution in [3.05, 3.63) is 0 Å². The van der Waals surface area contributed by atoms with E-state index in [2.05, 4.69) is 23.8 Å². The number of hydrogen-bond donors (Lipinski definition) is 1. The van der Waals surface area contributed by atoms with Gasteiger partial charge in [0.15, 0.2) is 0 Å². The molecule has 2 N–H and O–H groups in total. The van der Waals surface area contributed by atoms with Crippen LogP contribution >= 0.6 is 0 Å². The number of nitrogens with two attached hydrogens (primary N) is 1.